The van der Waals surface area contributed by atoms with Gasteiger partial charge < -0.3 is 10.5 Å². The van der Waals surface area contributed by atoms with Gasteiger partial charge in [-0.1, -0.05) is 24.3 Å². The highest BCUT2D eigenvalue weighted by Crippen LogP contribution is 2.43. The summed E-state index contributed by atoms with van der Waals surface area (Å²) in [6, 6.07) is 8.16. The van der Waals surface area contributed by atoms with Crippen molar-refractivity contribution >= 4 is 12.0 Å². The van der Waals surface area contributed by atoms with E-state index in [1.54, 1.807) is 7.11 Å². The number of aryl methyl sites for hydroxylation is 1. The molecule has 5 heteroatoms. The van der Waals surface area contributed by atoms with Crippen LogP contribution in [0.15, 0.2) is 36.5 Å². The van der Waals surface area contributed by atoms with Gasteiger partial charge in [-0.2, -0.15) is 0 Å². The summed E-state index contributed by atoms with van der Waals surface area (Å²) in [6.45, 7) is 3.16. The van der Waals surface area contributed by atoms with Gasteiger partial charge >= 0.3 is 0 Å². The van der Waals surface area contributed by atoms with Crippen molar-refractivity contribution < 1.29 is 4.74 Å². The molecule has 2 aromatic rings. The fraction of sp³-hybridized carbons (Fsp3) is 0.429. The highest BCUT2D eigenvalue weighted by atomic mass is 16.5. The molecule has 2 aliphatic rings. The third kappa shape index (κ3) is 3.31. The predicted octanol–water partition coefficient (Wildman–Crippen LogP) is 3.06. The van der Waals surface area contributed by atoms with Crippen LogP contribution in [0.3, 0.4) is 0 Å². The van der Waals surface area contributed by atoms with Crippen molar-refractivity contribution in [1.82, 2.24) is 14.9 Å². The Morgan fingerprint density at radius 1 is 1.27 bits per heavy atom. The third-order valence-electron chi connectivity index (χ3n) is 5.70. The van der Waals surface area contributed by atoms with E-state index < -0.39 is 0 Å². The van der Waals surface area contributed by atoms with Gasteiger partial charge in [-0.25, -0.2) is 9.97 Å². The number of ether oxygens (including phenoxy) is 1. The van der Waals surface area contributed by atoms with Gasteiger partial charge in [0.2, 0.25) is 5.95 Å². The van der Waals surface area contributed by atoms with E-state index in [2.05, 4.69) is 39.2 Å². The molecule has 26 heavy (non-hydrogen) atoms. The number of piperidine rings is 1. The summed E-state index contributed by atoms with van der Waals surface area (Å²) in [5, 5.41) is 0. The third-order valence-corrected chi connectivity index (χ3v) is 5.70. The van der Waals surface area contributed by atoms with Gasteiger partial charge in [0.1, 0.15) is 5.75 Å². The number of hydrogen-bond donors (Lipinski definition) is 1. The van der Waals surface area contributed by atoms with E-state index in [1.807, 2.05) is 18.3 Å². The SMILES string of the molecule is COc1ccc(/C=C/CN2CCCC3(CCc4cnc(N)nc43)C2)cc1. The normalized spacial score (nSPS) is 22.8. The number of hydrogen-bond acceptors (Lipinski definition) is 5. The number of methoxy groups -OCH3 is 1. The zero-order chi connectivity index (χ0) is 18.0. The Morgan fingerprint density at radius 3 is 2.92 bits per heavy atom. The van der Waals surface area contributed by atoms with E-state index in [0.29, 0.717) is 5.95 Å². The molecule has 1 aromatic carbocycles. The molecule has 1 atom stereocenters. The fourth-order valence-corrected chi connectivity index (χ4v) is 4.39. The summed E-state index contributed by atoms with van der Waals surface area (Å²) in [6.07, 6.45) is 11.0. The van der Waals surface area contributed by atoms with Gasteiger partial charge in [0.15, 0.2) is 0 Å². The van der Waals surface area contributed by atoms with Gasteiger partial charge in [0, 0.05) is 24.7 Å². The lowest BCUT2D eigenvalue weighted by molar-refractivity contribution is 0.156. The Labute approximate surface area is 154 Å². The van der Waals surface area contributed by atoms with Gasteiger partial charge in [-0.05, 0) is 55.5 Å². The molecule has 0 amide bonds. The number of rotatable bonds is 4. The maximum Gasteiger partial charge on any atom is 0.220 e. The van der Waals surface area contributed by atoms with E-state index in [4.69, 9.17) is 10.5 Å². The summed E-state index contributed by atoms with van der Waals surface area (Å²) >= 11 is 0. The lowest BCUT2D eigenvalue weighted by atomic mass is 9.77. The second kappa shape index (κ2) is 7.08. The molecule has 1 fully saturated rings. The molecule has 2 N–H and O–H groups in total. The first kappa shape index (κ1) is 17.0. The Morgan fingerprint density at radius 2 is 2.12 bits per heavy atom. The molecule has 0 saturated carbocycles. The van der Waals surface area contributed by atoms with Crippen LogP contribution in [0.5, 0.6) is 5.75 Å². The zero-order valence-corrected chi connectivity index (χ0v) is 15.3. The molecule has 1 aliphatic carbocycles. The van der Waals surface area contributed by atoms with E-state index >= 15 is 0 Å². The maximum atomic E-state index is 5.86. The van der Waals surface area contributed by atoms with Crippen molar-refractivity contribution in [3.8, 4) is 5.75 Å². The fourth-order valence-electron chi connectivity index (χ4n) is 4.39. The lowest BCUT2D eigenvalue weighted by Crippen LogP contribution is -2.45. The zero-order valence-electron chi connectivity index (χ0n) is 15.3. The number of benzene rings is 1. The molecule has 1 unspecified atom stereocenters. The van der Waals surface area contributed by atoms with Crippen molar-refractivity contribution in [3.63, 3.8) is 0 Å². The van der Waals surface area contributed by atoms with Crippen molar-refractivity contribution in [2.24, 2.45) is 0 Å². The number of nitrogens with zero attached hydrogens (tertiary/aromatic N) is 3. The maximum absolute atomic E-state index is 5.86. The summed E-state index contributed by atoms with van der Waals surface area (Å²) < 4.78 is 5.21. The van der Waals surface area contributed by atoms with E-state index in [1.165, 1.54) is 36.1 Å². The first-order valence-electron chi connectivity index (χ1n) is 9.33. The quantitative estimate of drug-likeness (QED) is 0.918. The highest BCUT2D eigenvalue weighted by Gasteiger charge is 2.43. The summed E-state index contributed by atoms with van der Waals surface area (Å²) in [7, 11) is 1.69. The second-order valence-electron chi connectivity index (χ2n) is 7.40. The van der Waals surface area contributed by atoms with Crippen LogP contribution in [0.1, 0.15) is 36.1 Å². The Hall–Kier alpha value is -2.40. The van der Waals surface area contributed by atoms with Gasteiger partial charge in [-0.15, -0.1) is 0 Å². The van der Waals surface area contributed by atoms with Crippen LogP contribution in [-0.2, 0) is 11.8 Å². The van der Waals surface area contributed by atoms with Crippen molar-refractivity contribution in [3.05, 3.63) is 53.4 Å². The minimum absolute atomic E-state index is 0.165. The molecular formula is C21H26N4O. The number of likely N-dealkylation sites (tertiary alicyclic amines) is 1. The molecule has 1 aliphatic heterocycles. The summed E-state index contributed by atoms with van der Waals surface area (Å²) in [5.41, 5.74) is 9.72. The molecule has 2 heterocycles. The number of fused-ring (bicyclic) bond motifs is 2. The molecule has 1 aromatic heterocycles. The van der Waals surface area contributed by atoms with Crippen LogP contribution in [0.2, 0.25) is 0 Å². The molecule has 0 radical (unpaired) electrons. The molecule has 1 spiro atoms. The predicted molar refractivity (Wildman–Crippen MR) is 104 cm³/mol. The summed E-state index contributed by atoms with van der Waals surface area (Å²) in [5.74, 6) is 1.29. The van der Waals surface area contributed by atoms with Crippen LogP contribution >= 0.6 is 0 Å². The molecule has 136 valence electrons. The molecule has 4 rings (SSSR count). The van der Waals surface area contributed by atoms with E-state index in [0.717, 1.165) is 31.8 Å². The first-order chi connectivity index (χ1) is 12.7. The van der Waals surface area contributed by atoms with E-state index in [9.17, 15) is 0 Å². The monoisotopic (exact) mass is 350 g/mol. The Balaban J connectivity index is 1.43. The Kier molecular flexibility index (Phi) is 4.64. The topological polar surface area (TPSA) is 64.3 Å². The average Bonchev–Trinajstić information content (AvgIpc) is 3.00. The second-order valence-corrected chi connectivity index (χ2v) is 7.40. The summed E-state index contributed by atoms with van der Waals surface area (Å²) in [4.78, 5) is 11.3. The molecule has 0 bridgehead atoms. The standard InChI is InChI=1S/C21H26N4O/c1-26-18-7-5-16(6-8-18)4-2-12-25-13-3-10-21(15-25)11-9-17-14-23-20(22)24-19(17)21/h2,4-8,14H,3,9-13,15H2,1H3,(H2,22,23,24)/b4-2+. The van der Waals surface area contributed by atoms with Crippen LogP contribution in [0, 0.1) is 0 Å². The largest absolute Gasteiger partial charge is 0.497 e. The molecular weight excluding hydrogens is 324 g/mol. The molecule has 5 nitrogen and oxygen atoms in total. The number of nitrogens with two attached hydrogens (primary N) is 1. The number of anilines is 1. The number of nitrogen functional groups attached to an aromatic ring is 1. The van der Waals surface area contributed by atoms with Gasteiger partial charge in [0.05, 0.1) is 12.8 Å². The van der Waals surface area contributed by atoms with Gasteiger partial charge in [-0.3, -0.25) is 4.90 Å². The minimum Gasteiger partial charge on any atom is -0.497 e. The van der Waals surface area contributed by atoms with Crippen LogP contribution in [-0.4, -0.2) is 41.6 Å². The first-order valence-corrected chi connectivity index (χ1v) is 9.33. The Bertz CT molecular complexity index is 798. The van der Waals surface area contributed by atoms with Crippen LogP contribution < -0.4 is 10.5 Å². The van der Waals surface area contributed by atoms with E-state index in [-0.39, 0.29) is 5.41 Å². The van der Waals surface area contributed by atoms with Crippen LogP contribution in [0.25, 0.3) is 6.08 Å². The van der Waals surface area contributed by atoms with Crippen molar-refractivity contribution in [2.75, 3.05) is 32.5 Å². The minimum atomic E-state index is 0.165. The van der Waals surface area contributed by atoms with Gasteiger partial charge in [0.25, 0.3) is 0 Å². The van der Waals surface area contributed by atoms with Crippen LogP contribution in [0.4, 0.5) is 5.95 Å². The van der Waals surface area contributed by atoms with Crippen molar-refractivity contribution in [1.29, 1.82) is 0 Å². The smallest absolute Gasteiger partial charge is 0.220 e. The lowest BCUT2D eigenvalue weighted by Gasteiger charge is -2.40. The number of aromatic nitrogens is 2. The highest BCUT2D eigenvalue weighted by molar-refractivity contribution is 5.50. The molecule has 1 saturated heterocycles. The van der Waals surface area contributed by atoms with Crippen molar-refractivity contribution in [2.45, 2.75) is 31.1 Å². The average molecular weight is 350 g/mol.